The number of amides is 1. The van der Waals surface area contributed by atoms with Gasteiger partial charge in [-0.3, -0.25) is 4.79 Å². The summed E-state index contributed by atoms with van der Waals surface area (Å²) in [4.78, 5) is 15.9. The fraction of sp³-hybridized carbons (Fsp3) is 0.682. The Labute approximate surface area is 151 Å². The zero-order valence-corrected chi connectivity index (χ0v) is 15.1. The normalized spacial score (nSPS) is 36.8. The molecule has 4 aliphatic carbocycles. The number of carbonyl (C=O) groups is 1. The molecule has 5 rings (SSSR count). The van der Waals surface area contributed by atoms with E-state index in [9.17, 15) is 4.79 Å². The lowest BCUT2D eigenvalue weighted by Crippen LogP contribution is -2.50. The van der Waals surface area contributed by atoms with Gasteiger partial charge in [0.25, 0.3) is 0 Å². The fourth-order valence-electron chi connectivity index (χ4n) is 5.97. The van der Waals surface area contributed by atoms with Gasteiger partial charge in [-0.25, -0.2) is 0 Å². The smallest absolute Gasteiger partial charge is 0.226 e. The molecule has 2 N–H and O–H groups in total. The molecular formula is C22H30N2O. The third kappa shape index (κ3) is 2.71. The van der Waals surface area contributed by atoms with E-state index in [1.807, 2.05) is 0 Å². The van der Waals surface area contributed by atoms with E-state index in [2.05, 4.69) is 29.2 Å². The summed E-state index contributed by atoms with van der Waals surface area (Å²) in [7, 11) is 0. The largest absolute Gasteiger partial charge is 0.332 e. The molecule has 0 aliphatic heterocycles. The first-order valence-corrected chi connectivity index (χ1v) is 10.4. The highest BCUT2D eigenvalue weighted by atomic mass is 16.2. The lowest BCUT2D eigenvalue weighted by molar-refractivity contribution is -0.142. The molecule has 134 valence electrons. The summed E-state index contributed by atoms with van der Waals surface area (Å²) in [6, 6.07) is 9.94. The highest BCUT2D eigenvalue weighted by Crippen LogP contribution is 2.47. The lowest BCUT2D eigenvalue weighted by atomic mass is 9.65. The Kier molecular flexibility index (Phi) is 3.89. The van der Waals surface area contributed by atoms with Crippen LogP contribution in [0.3, 0.4) is 0 Å². The zero-order chi connectivity index (χ0) is 17.0. The minimum Gasteiger partial charge on any atom is -0.332 e. The van der Waals surface area contributed by atoms with E-state index in [1.165, 1.54) is 43.2 Å². The summed E-state index contributed by atoms with van der Waals surface area (Å²) < 4.78 is 0. The van der Waals surface area contributed by atoms with Crippen LogP contribution in [0.1, 0.15) is 68.5 Å². The SMILES string of the molecule is NC1C2CCCC1CC(C(=O)N(C1CC1)C1CCc3ccccc31)C2. The van der Waals surface area contributed by atoms with Crippen LogP contribution in [0.25, 0.3) is 0 Å². The zero-order valence-electron chi connectivity index (χ0n) is 15.1. The average molecular weight is 338 g/mol. The second kappa shape index (κ2) is 6.12. The van der Waals surface area contributed by atoms with Crippen LogP contribution in [0.15, 0.2) is 24.3 Å². The van der Waals surface area contributed by atoms with Crippen molar-refractivity contribution in [2.75, 3.05) is 0 Å². The maximum absolute atomic E-state index is 13.6. The Morgan fingerprint density at radius 1 is 1.00 bits per heavy atom. The van der Waals surface area contributed by atoms with Gasteiger partial charge in [-0.15, -0.1) is 0 Å². The van der Waals surface area contributed by atoms with Gasteiger partial charge in [0.2, 0.25) is 5.91 Å². The molecule has 3 saturated carbocycles. The molecule has 3 nitrogen and oxygen atoms in total. The number of carbonyl (C=O) groups excluding carboxylic acids is 1. The molecule has 4 aliphatic rings. The molecule has 0 heterocycles. The predicted molar refractivity (Wildman–Crippen MR) is 98.9 cm³/mol. The van der Waals surface area contributed by atoms with Crippen molar-refractivity contribution < 1.29 is 4.79 Å². The van der Waals surface area contributed by atoms with E-state index in [1.54, 1.807) is 0 Å². The second-order valence-electron chi connectivity index (χ2n) is 8.93. The predicted octanol–water partition coefficient (Wildman–Crippen LogP) is 3.82. The fourth-order valence-corrected chi connectivity index (χ4v) is 5.97. The van der Waals surface area contributed by atoms with Gasteiger partial charge in [0, 0.05) is 18.0 Å². The number of benzene rings is 1. The van der Waals surface area contributed by atoms with Crippen LogP contribution in [-0.2, 0) is 11.2 Å². The second-order valence-corrected chi connectivity index (χ2v) is 8.93. The van der Waals surface area contributed by atoms with E-state index in [0.29, 0.717) is 35.9 Å². The summed E-state index contributed by atoms with van der Waals surface area (Å²) in [5.74, 6) is 1.84. The minimum absolute atomic E-state index is 0.225. The maximum Gasteiger partial charge on any atom is 0.226 e. The number of fused-ring (bicyclic) bond motifs is 3. The molecule has 2 bridgehead atoms. The molecule has 25 heavy (non-hydrogen) atoms. The van der Waals surface area contributed by atoms with Crippen LogP contribution in [0, 0.1) is 17.8 Å². The summed E-state index contributed by atoms with van der Waals surface area (Å²) in [5.41, 5.74) is 9.32. The van der Waals surface area contributed by atoms with E-state index >= 15 is 0 Å². The van der Waals surface area contributed by atoms with E-state index in [-0.39, 0.29) is 5.92 Å². The number of hydrogen-bond acceptors (Lipinski definition) is 2. The van der Waals surface area contributed by atoms with Crippen molar-refractivity contribution in [3.63, 3.8) is 0 Å². The Hall–Kier alpha value is -1.35. The number of nitrogens with two attached hydrogens (primary N) is 1. The minimum atomic E-state index is 0.225. The molecular weight excluding hydrogens is 308 g/mol. The lowest BCUT2D eigenvalue weighted by Gasteiger charge is -2.45. The van der Waals surface area contributed by atoms with Crippen molar-refractivity contribution in [2.45, 2.75) is 75.9 Å². The number of aryl methyl sites for hydroxylation is 1. The van der Waals surface area contributed by atoms with Gasteiger partial charge in [0.05, 0.1) is 6.04 Å². The topological polar surface area (TPSA) is 46.3 Å². The first kappa shape index (κ1) is 15.9. The van der Waals surface area contributed by atoms with Gasteiger partial charge in [0.15, 0.2) is 0 Å². The van der Waals surface area contributed by atoms with Crippen LogP contribution in [0.2, 0.25) is 0 Å². The van der Waals surface area contributed by atoms with Gasteiger partial charge >= 0.3 is 0 Å². The van der Waals surface area contributed by atoms with Crippen molar-refractivity contribution >= 4 is 5.91 Å². The average Bonchev–Trinajstić information content (AvgIpc) is 3.35. The number of nitrogens with zero attached hydrogens (tertiary/aromatic N) is 1. The first-order valence-electron chi connectivity index (χ1n) is 10.4. The number of rotatable bonds is 3. The quantitative estimate of drug-likeness (QED) is 0.911. The third-order valence-corrected chi connectivity index (χ3v) is 7.39. The van der Waals surface area contributed by atoms with Crippen LogP contribution in [0.5, 0.6) is 0 Å². The Balaban J connectivity index is 1.39. The summed E-state index contributed by atoms with van der Waals surface area (Å²) in [5, 5.41) is 0. The molecule has 3 heteroatoms. The highest BCUT2D eigenvalue weighted by molar-refractivity contribution is 5.80. The van der Waals surface area contributed by atoms with Crippen molar-refractivity contribution in [3.8, 4) is 0 Å². The van der Waals surface area contributed by atoms with E-state index in [4.69, 9.17) is 5.73 Å². The highest BCUT2D eigenvalue weighted by Gasteiger charge is 2.46. The molecule has 0 spiro atoms. The number of hydrogen-bond donors (Lipinski definition) is 1. The molecule has 3 fully saturated rings. The van der Waals surface area contributed by atoms with Crippen LogP contribution >= 0.6 is 0 Å². The van der Waals surface area contributed by atoms with Gasteiger partial charge in [-0.1, -0.05) is 30.7 Å². The molecule has 3 atom stereocenters. The van der Waals surface area contributed by atoms with Crippen molar-refractivity contribution in [1.29, 1.82) is 0 Å². The van der Waals surface area contributed by atoms with Gasteiger partial charge in [0.1, 0.15) is 0 Å². The first-order chi connectivity index (χ1) is 12.2. The van der Waals surface area contributed by atoms with Gasteiger partial charge in [-0.2, -0.15) is 0 Å². The Morgan fingerprint density at radius 2 is 1.72 bits per heavy atom. The summed E-state index contributed by atoms with van der Waals surface area (Å²) in [6.45, 7) is 0. The molecule has 1 amide bonds. The van der Waals surface area contributed by atoms with Crippen LogP contribution < -0.4 is 5.73 Å². The van der Waals surface area contributed by atoms with Crippen LogP contribution in [0.4, 0.5) is 0 Å². The Morgan fingerprint density at radius 3 is 2.44 bits per heavy atom. The van der Waals surface area contributed by atoms with Gasteiger partial charge < -0.3 is 10.6 Å². The maximum atomic E-state index is 13.6. The molecule has 3 unspecified atom stereocenters. The molecule has 0 aromatic heterocycles. The molecule has 1 aromatic rings. The van der Waals surface area contributed by atoms with Crippen molar-refractivity contribution in [1.82, 2.24) is 4.90 Å². The van der Waals surface area contributed by atoms with Crippen LogP contribution in [-0.4, -0.2) is 22.9 Å². The van der Waals surface area contributed by atoms with E-state index in [0.717, 1.165) is 25.7 Å². The summed E-state index contributed by atoms with van der Waals surface area (Å²) >= 11 is 0. The molecule has 0 saturated heterocycles. The molecule has 0 radical (unpaired) electrons. The third-order valence-electron chi connectivity index (χ3n) is 7.39. The van der Waals surface area contributed by atoms with E-state index < -0.39 is 0 Å². The van der Waals surface area contributed by atoms with Crippen molar-refractivity contribution in [2.24, 2.45) is 23.5 Å². The summed E-state index contributed by atoms with van der Waals surface area (Å²) in [6.07, 6.45) is 10.5. The molecule has 1 aromatic carbocycles. The monoisotopic (exact) mass is 338 g/mol. The standard InChI is InChI=1S/C22H30N2O/c23-21-15-5-3-6-16(21)13-17(12-15)22(25)24(18-9-10-18)20-11-8-14-4-1-2-7-19(14)20/h1-2,4,7,15-18,20-21H,3,5-6,8-13,23H2. The van der Waals surface area contributed by atoms with Crippen molar-refractivity contribution in [3.05, 3.63) is 35.4 Å². The van der Waals surface area contributed by atoms with Gasteiger partial charge in [-0.05, 0) is 74.3 Å². The Bertz CT molecular complexity index is 654.